The molecule has 2 rings (SSSR count). The predicted octanol–water partition coefficient (Wildman–Crippen LogP) is 5.23. The van der Waals surface area contributed by atoms with Crippen LogP contribution >= 0.6 is 39.3 Å². The fraction of sp³-hybridized carbons (Fsp3) is 0.0714. The van der Waals surface area contributed by atoms with Crippen LogP contribution in [-0.2, 0) is 5.75 Å². The van der Waals surface area contributed by atoms with Crippen LogP contribution in [0.15, 0.2) is 45.8 Å². The molecule has 6 heteroatoms. The van der Waals surface area contributed by atoms with Crippen molar-refractivity contribution in [3.05, 3.63) is 62.8 Å². The number of carbonyl (C=O) groups is 1. The predicted molar refractivity (Wildman–Crippen MR) is 82.1 cm³/mol. The molecule has 0 aromatic heterocycles. The standard InChI is InChI=1S/C14H9BrClFO2S/c15-12-9(14(18)19)5-6-11(13(12)17)20-7-8-3-1-2-4-10(8)16/h1-6H,7H2,(H,18,19). The Morgan fingerprint density at radius 3 is 2.65 bits per heavy atom. The normalized spacial score (nSPS) is 10.6. The van der Waals surface area contributed by atoms with Crippen LogP contribution in [0.1, 0.15) is 15.9 Å². The maximum absolute atomic E-state index is 14.1. The number of thioether (sulfide) groups is 1. The lowest BCUT2D eigenvalue weighted by atomic mass is 10.2. The van der Waals surface area contributed by atoms with Crippen LogP contribution in [0.2, 0.25) is 5.02 Å². The Hall–Kier alpha value is -1.04. The van der Waals surface area contributed by atoms with E-state index in [1.807, 2.05) is 18.2 Å². The summed E-state index contributed by atoms with van der Waals surface area (Å²) in [6.07, 6.45) is 0. The molecular weight excluding hydrogens is 367 g/mol. The maximum atomic E-state index is 14.1. The summed E-state index contributed by atoms with van der Waals surface area (Å²) in [6, 6.07) is 10.2. The number of benzene rings is 2. The Bertz CT molecular complexity index is 664. The summed E-state index contributed by atoms with van der Waals surface area (Å²) < 4.78 is 14.0. The zero-order valence-corrected chi connectivity index (χ0v) is 13.2. The average molecular weight is 376 g/mol. The van der Waals surface area contributed by atoms with E-state index < -0.39 is 11.8 Å². The second-order valence-electron chi connectivity index (χ2n) is 3.92. The highest BCUT2D eigenvalue weighted by atomic mass is 79.9. The van der Waals surface area contributed by atoms with E-state index in [1.165, 1.54) is 23.9 Å². The monoisotopic (exact) mass is 374 g/mol. The Morgan fingerprint density at radius 1 is 1.30 bits per heavy atom. The van der Waals surface area contributed by atoms with Gasteiger partial charge in [-0.2, -0.15) is 0 Å². The third-order valence-electron chi connectivity index (χ3n) is 2.62. The van der Waals surface area contributed by atoms with Crippen LogP contribution in [0, 0.1) is 5.82 Å². The van der Waals surface area contributed by atoms with Gasteiger partial charge in [-0.3, -0.25) is 0 Å². The van der Waals surface area contributed by atoms with Gasteiger partial charge in [0.05, 0.1) is 10.0 Å². The number of hydrogen-bond donors (Lipinski definition) is 1. The highest BCUT2D eigenvalue weighted by Crippen LogP contribution is 2.33. The molecule has 0 saturated carbocycles. The van der Waals surface area contributed by atoms with Crippen molar-refractivity contribution in [2.24, 2.45) is 0 Å². The molecule has 2 aromatic rings. The van der Waals surface area contributed by atoms with Crippen molar-refractivity contribution < 1.29 is 14.3 Å². The molecule has 0 amide bonds. The van der Waals surface area contributed by atoms with Crippen molar-refractivity contribution in [1.29, 1.82) is 0 Å². The minimum atomic E-state index is -1.17. The Kier molecular flexibility index (Phi) is 5.07. The highest BCUT2D eigenvalue weighted by Gasteiger charge is 2.16. The van der Waals surface area contributed by atoms with Crippen molar-refractivity contribution in [2.45, 2.75) is 10.6 Å². The van der Waals surface area contributed by atoms with E-state index >= 15 is 0 Å². The van der Waals surface area contributed by atoms with Gasteiger partial charge in [-0.25, -0.2) is 9.18 Å². The van der Waals surface area contributed by atoms with Crippen molar-refractivity contribution in [3.8, 4) is 0 Å². The van der Waals surface area contributed by atoms with Crippen LogP contribution in [0.3, 0.4) is 0 Å². The third-order valence-corrected chi connectivity index (χ3v) is 4.84. The molecule has 0 spiro atoms. The topological polar surface area (TPSA) is 37.3 Å². The SMILES string of the molecule is O=C(O)c1ccc(SCc2ccccc2Cl)c(F)c1Br. The molecule has 0 atom stereocenters. The molecule has 2 nitrogen and oxygen atoms in total. The van der Waals surface area contributed by atoms with E-state index in [-0.39, 0.29) is 10.0 Å². The second kappa shape index (κ2) is 6.61. The average Bonchev–Trinajstić information content (AvgIpc) is 2.41. The first-order valence-electron chi connectivity index (χ1n) is 5.58. The number of carboxylic acid groups (broad SMARTS) is 1. The number of hydrogen-bond acceptors (Lipinski definition) is 2. The number of aromatic carboxylic acids is 1. The van der Waals surface area contributed by atoms with E-state index in [0.717, 1.165) is 5.56 Å². The molecule has 0 heterocycles. The molecular formula is C14H9BrClFO2S. The molecule has 2 aromatic carbocycles. The molecule has 0 saturated heterocycles. The smallest absolute Gasteiger partial charge is 0.336 e. The Labute approximate surface area is 133 Å². The summed E-state index contributed by atoms with van der Waals surface area (Å²) in [7, 11) is 0. The Balaban J connectivity index is 2.21. The fourth-order valence-corrected chi connectivity index (χ4v) is 3.46. The lowest BCUT2D eigenvalue weighted by Gasteiger charge is -2.08. The molecule has 0 fully saturated rings. The molecule has 104 valence electrons. The summed E-state index contributed by atoms with van der Waals surface area (Å²) in [5, 5.41) is 9.53. The number of carboxylic acids is 1. The summed E-state index contributed by atoms with van der Waals surface area (Å²) in [5.41, 5.74) is 0.807. The highest BCUT2D eigenvalue weighted by molar-refractivity contribution is 9.10. The summed E-state index contributed by atoms with van der Waals surface area (Å²) in [6.45, 7) is 0. The van der Waals surface area contributed by atoms with Crippen LogP contribution < -0.4 is 0 Å². The van der Waals surface area contributed by atoms with Gasteiger partial charge in [-0.15, -0.1) is 11.8 Å². The zero-order valence-electron chi connectivity index (χ0n) is 10.1. The number of halogens is 3. The molecule has 0 radical (unpaired) electrons. The van der Waals surface area contributed by atoms with Gasteiger partial charge >= 0.3 is 5.97 Å². The Morgan fingerprint density at radius 2 is 2.00 bits per heavy atom. The summed E-state index contributed by atoms with van der Waals surface area (Å²) in [5.74, 6) is -1.23. The van der Waals surface area contributed by atoms with Crippen LogP contribution in [0.25, 0.3) is 0 Å². The van der Waals surface area contributed by atoms with Gasteiger partial charge in [-0.05, 0) is 39.7 Å². The van der Waals surface area contributed by atoms with Crippen LogP contribution in [0.4, 0.5) is 4.39 Å². The molecule has 0 aliphatic rings. The lowest BCUT2D eigenvalue weighted by Crippen LogP contribution is -2.00. The third kappa shape index (κ3) is 3.34. The van der Waals surface area contributed by atoms with Crippen molar-refractivity contribution in [2.75, 3.05) is 0 Å². The summed E-state index contributed by atoms with van der Waals surface area (Å²) in [4.78, 5) is 11.3. The lowest BCUT2D eigenvalue weighted by molar-refractivity contribution is 0.0695. The van der Waals surface area contributed by atoms with Gasteiger partial charge < -0.3 is 5.11 Å². The van der Waals surface area contributed by atoms with Gasteiger partial charge in [0, 0.05) is 15.7 Å². The zero-order chi connectivity index (χ0) is 14.7. The first kappa shape index (κ1) is 15.4. The minimum absolute atomic E-state index is 0.0332. The second-order valence-corrected chi connectivity index (χ2v) is 6.14. The number of rotatable bonds is 4. The van der Waals surface area contributed by atoms with Crippen molar-refractivity contribution in [1.82, 2.24) is 0 Å². The van der Waals surface area contributed by atoms with Crippen molar-refractivity contribution >= 4 is 45.3 Å². The summed E-state index contributed by atoms with van der Waals surface area (Å²) >= 11 is 10.3. The van der Waals surface area contributed by atoms with E-state index in [1.54, 1.807) is 6.07 Å². The maximum Gasteiger partial charge on any atom is 0.336 e. The minimum Gasteiger partial charge on any atom is -0.478 e. The van der Waals surface area contributed by atoms with Gasteiger partial charge in [-0.1, -0.05) is 29.8 Å². The molecule has 0 aliphatic heterocycles. The van der Waals surface area contributed by atoms with Gasteiger partial charge in [0.15, 0.2) is 5.82 Å². The van der Waals surface area contributed by atoms with Crippen molar-refractivity contribution in [3.63, 3.8) is 0 Å². The van der Waals surface area contributed by atoms with Crippen LogP contribution in [0.5, 0.6) is 0 Å². The van der Waals surface area contributed by atoms with E-state index in [2.05, 4.69) is 15.9 Å². The van der Waals surface area contributed by atoms with E-state index in [4.69, 9.17) is 16.7 Å². The van der Waals surface area contributed by atoms with E-state index in [9.17, 15) is 9.18 Å². The van der Waals surface area contributed by atoms with Gasteiger partial charge in [0.1, 0.15) is 0 Å². The van der Waals surface area contributed by atoms with Gasteiger partial charge in [0.25, 0.3) is 0 Å². The molecule has 0 aliphatic carbocycles. The molecule has 0 unspecified atom stereocenters. The molecule has 0 bridgehead atoms. The van der Waals surface area contributed by atoms with Gasteiger partial charge in [0.2, 0.25) is 0 Å². The van der Waals surface area contributed by atoms with E-state index in [0.29, 0.717) is 15.7 Å². The molecule has 20 heavy (non-hydrogen) atoms. The fourth-order valence-electron chi connectivity index (χ4n) is 1.58. The molecule has 1 N–H and O–H groups in total. The largest absolute Gasteiger partial charge is 0.478 e. The quantitative estimate of drug-likeness (QED) is 0.743. The van der Waals surface area contributed by atoms with Crippen LogP contribution in [-0.4, -0.2) is 11.1 Å². The first-order chi connectivity index (χ1) is 9.50. The first-order valence-corrected chi connectivity index (χ1v) is 7.74.